The Kier molecular flexibility index (Phi) is 8.66. The molecule has 0 unspecified atom stereocenters. The predicted octanol–water partition coefficient (Wildman–Crippen LogP) is 2.50. The quantitative estimate of drug-likeness (QED) is 0.817. The zero-order valence-corrected chi connectivity index (χ0v) is 12.3. The molecule has 0 bridgehead atoms. The van der Waals surface area contributed by atoms with E-state index in [0.717, 1.165) is 23.9 Å². The molecular weight excluding hydrogens is 264 g/mol. The molecule has 0 fully saturated rings. The molecule has 1 aromatic rings. The van der Waals surface area contributed by atoms with Crippen LogP contribution in [0.5, 0.6) is 5.75 Å². The predicted molar refractivity (Wildman–Crippen MR) is 79.4 cm³/mol. The van der Waals surface area contributed by atoms with E-state index in [1.165, 1.54) is 0 Å². The van der Waals surface area contributed by atoms with E-state index in [1.54, 1.807) is 0 Å². The Morgan fingerprint density at radius 1 is 1.58 bits per heavy atom. The van der Waals surface area contributed by atoms with Crippen LogP contribution in [0.3, 0.4) is 0 Å². The Hall–Kier alpha value is -1.52. The van der Waals surface area contributed by atoms with E-state index in [9.17, 15) is 4.79 Å². The van der Waals surface area contributed by atoms with Crippen LogP contribution in [0.2, 0.25) is 5.02 Å². The number of carbonyl (C=O) groups excluding carboxylic acids is 1. The van der Waals surface area contributed by atoms with Crippen molar-refractivity contribution < 1.29 is 9.53 Å². The summed E-state index contributed by atoms with van der Waals surface area (Å²) in [6.07, 6.45) is 1.20. The first-order chi connectivity index (χ1) is 8.92. The summed E-state index contributed by atoms with van der Waals surface area (Å²) in [7, 11) is 1.90. The molecule has 0 saturated carbocycles. The van der Waals surface area contributed by atoms with Crippen molar-refractivity contribution in [3.63, 3.8) is 0 Å². The van der Waals surface area contributed by atoms with Gasteiger partial charge in [-0.3, -0.25) is 4.79 Å². The maximum absolute atomic E-state index is 9.47. The van der Waals surface area contributed by atoms with Crippen LogP contribution in [0.25, 0.3) is 0 Å². The van der Waals surface area contributed by atoms with Crippen LogP contribution in [-0.4, -0.2) is 19.1 Å². The van der Waals surface area contributed by atoms with Crippen LogP contribution in [0.4, 0.5) is 0 Å². The average molecular weight is 285 g/mol. The van der Waals surface area contributed by atoms with Crippen molar-refractivity contribution in [1.29, 1.82) is 0 Å². The summed E-state index contributed by atoms with van der Waals surface area (Å²) < 4.78 is 5.66. The molecule has 19 heavy (non-hydrogen) atoms. The molecule has 0 aromatic heterocycles. The molecule has 0 radical (unpaired) electrons. The van der Waals surface area contributed by atoms with E-state index in [1.807, 2.05) is 39.1 Å². The molecule has 4 nitrogen and oxygen atoms in total. The smallest absolute Gasteiger partial charge is 0.240 e. The summed E-state index contributed by atoms with van der Waals surface area (Å²) >= 11 is 6.06. The number of primary amides is 1. The highest BCUT2D eigenvalue weighted by Crippen LogP contribution is 2.29. The van der Waals surface area contributed by atoms with Crippen LogP contribution < -0.4 is 15.8 Å². The lowest BCUT2D eigenvalue weighted by Crippen LogP contribution is -2.11. The van der Waals surface area contributed by atoms with Gasteiger partial charge in [0.1, 0.15) is 5.75 Å². The zero-order valence-electron chi connectivity index (χ0n) is 11.6. The molecule has 0 aliphatic carbocycles. The summed E-state index contributed by atoms with van der Waals surface area (Å²) in [5, 5.41) is 3.76. The number of nitrogens with one attached hydrogen (secondary N) is 1. The molecule has 5 heteroatoms. The van der Waals surface area contributed by atoms with Crippen molar-refractivity contribution in [2.75, 3.05) is 7.05 Å². The summed E-state index contributed by atoms with van der Waals surface area (Å²) in [6.45, 7) is 7.84. The van der Waals surface area contributed by atoms with Gasteiger partial charge in [0.05, 0.1) is 11.1 Å². The first-order valence-electron chi connectivity index (χ1n) is 5.92. The van der Waals surface area contributed by atoms with Crippen LogP contribution in [0, 0.1) is 0 Å². The molecular formula is C14H21ClN2O2. The van der Waals surface area contributed by atoms with E-state index in [-0.39, 0.29) is 6.10 Å². The van der Waals surface area contributed by atoms with Gasteiger partial charge < -0.3 is 15.8 Å². The molecule has 0 spiro atoms. The van der Waals surface area contributed by atoms with E-state index in [4.69, 9.17) is 16.3 Å². The van der Waals surface area contributed by atoms with Crippen LogP contribution in [-0.2, 0) is 11.3 Å². The van der Waals surface area contributed by atoms with Gasteiger partial charge in [-0.1, -0.05) is 30.3 Å². The number of amides is 1. The van der Waals surface area contributed by atoms with Crippen molar-refractivity contribution in [3.05, 3.63) is 41.4 Å². The first-order valence-corrected chi connectivity index (χ1v) is 6.30. The average Bonchev–Trinajstić information content (AvgIpc) is 2.34. The molecule has 1 aromatic carbocycles. The summed E-state index contributed by atoms with van der Waals surface area (Å²) in [6, 6.07) is 5.79. The molecule has 3 N–H and O–H groups in total. The highest BCUT2D eigenvalue weighted by atomic mass is 35.5. The number of hydrogen-bond acceptors (Lipinski definition) is 3. The van der Waals surface area contributed by atoms with Gasteiger partial charge >= 0.3 is 0 Å². The van der Waals surface area contributed by atoms with Crippen LogP contribution in [0.1, 0.15) is 19.4 Å². The second kappa shape index (κ2) is 9.42. The lowest BCUT2D eigenvalue weighted by molar-refractivity contribution is -0.113. The van der Waals surface area contributed by atoms with Gasteiger partial charge in [0.15, 0.2) is 0 Å². The monoisotopic (exact) mass is 284 g/mol. The largest absolute Gasteiger partial charge is 0.489 e. The number of rotatable bonds is 5. The number of carbonyl (C=O) groups is 1. The van der Waals surface area contributed by atoms with Crippen molar-refractivity contribution >= 4 is 17.5 Å². The van der Waals surface area contributed by atoms with E-state index in [2.05, 4.69) is 17.6 Å². The van der Waals surface area contributed by atoms with E-state index < -0.39 is 5.91 Å². The Labute approximate surface area is 119 Å². The van der Waals surface area contributed by atoms with E-state index in [0.29, 0.717) is 5.02 Å². The van der Waals surface area contributed by atoms with Crippen molar-refractivity contribution in [2.45, 2.75) is 26.5 Å². The van der Waals surface area contributed by atoms with Gasteiger partial charge in [0.2, 0.25) is 5.91 Å². The fourth-order valence-corrected chi connectivity index (χ4v) is 1.49. The number of halogens is 1. The molecule has 0 saturated heterocycles. The van der Waals surface area contributed by atoms with Crippen LogP contribution >= 0.6 is 11.6 Å². The molecule has 0 aliphatic rings. The highest BCUT2D eigenvalue weighted by Gasteiger charge is 2.08. The molecule has 1 amide bonds. The Morgan fingerprint density at radius 2 is 2.16 bits per heavy atom. The van der Waals surface area contributed by atoms with Gasteiger partial charge in [-0.15, -0.1) is 0 Å². The summed E-state index contributed by atoms with van der Waals surface area (Å²) in [5.74, 6) is 0.309. The molecule has 1 rings (SSSR count). The third-order valence-corrected chi connectivity index (χ3v) is 2.27. The molecule has 0 atom stereocenters. The van der Waals surface area contributed by atoms with Gasteiger partial charge in [0, 0.05) is 12.1 Å². The van der Waals surface area contributed by atoms with Gasteiger partial charge in [-0.2, -0.15) is 0 Å². The zero-order chi connectivity index (χ0) is 14.8. The number of ether oxygens (including phenoxy) is 1. The Morgan fingerprint density at radius 3 is 2.58 bits per heavy atom. The molecule has 106 valence electrons. The minimum atomic E-state index is -0.481. The van der Waals surface area contributed by atoms with Gasteiger partial charge in [-0.05, 0) is 33.0 Å². The number of benzene rings is 1. The standard InChI is InChI=1S/C11H16ClNO.C3H5NO/c1-8(2)14-11-9(7-13-3)5-4-6-10(11)12;1-2-3(4)5/h4-6,8,13H,7H2,1-3H3;2H,1H2,(H2,4,5). The third-order valence-electron chi connectivity index (χ3n) is 1.97. The number of hydrogen-bond donors (Lipinski definition) is 2. The Balaban J connectivity index is 0.000000555. The normalized spacial score (nSPS) is 9.53. The van der Waals surface area contributed by atoms with Gasteiger partial charge in [-0.25, -0.2) is 0 Å². The number of para-hydroxylation sites is 1. The van der Waals surface area contributed by atoms with Crippen molar-refractivity contribution in [3.8, 4) is 5.75 Å². The Bertz CT molecular complexity index is 420. The van der Waals surface area contributed by atoms with Crippen molar-refractivity contribution in [1.82, 2.24) is 5.32 Å². The minimum absolute atomic E-state index is 0.144. The van der Waals surface area contributed by atoms with Crippen LogP contribution in [0.15, 0.2) is 30.9 Å². The minimum Gasteiger partial charge on any atom is -0.489 e. The fourth-order valence-electron chi connectivity index (χ4n) is 1.25. The lowest BCUT2D eigenvalue weighted by atomic mass is 10.2. The SMILES string of the molecule is C=CC(N)=O.CNCc1cccc(Cl)c1OC(C)C. The highest BCUT2D eigenvalue weighted by molar-refractivity contribution is 6.32. The molecule has 0 aliphatic heterocycles. The van der Waals surface area contributed by atoms with E-state index >= 15 is 0 Å². The first kappa shape index (κ1) is 17.5. The maximum atomic E-state index is 9.47. The molecule has 0 heterocycles. The second-order valence-corrected chi connectivity index (χ2v) is 4.44. The third kappa shape index (κ3) is 7.49. The fraction of sp³-hybridized carbons (Fsp3) is 0.357. The number of nitrogens with two attached hydrogens (primary N) is 1. The maximum Gasteiger partial charge on any atom is 0.240 e. The lowest BCUT2D eigenvalue weighted by Gasteiger charge is -2.15. The van der Waals surface area contributed by atoms with Crippen molar-refractivity contribution in [2.24, 2.45) is 5.73 Å². The topological polar surface area (TPSA) is 64.4 Å². The van der Waals surface area contributed by atoms with Gasteiger partial charge in [0.25, 0.3) is 0 Å². The second-order valence-electron chi connectivity index (χ2n) is 4.03. The summed E-state index contributed by atoms with van der Waals surface area (Å²) in [4.78, 5) is 9.47. The summed E-state index contributed by atoms with van der Waals surface area (Å²) in [5.41, 5.74) is 5.63.